The van der Waals surface area contributed by atoms with E-state index in [9.17, 15) is 9.59 Å². The minimum Gasteiger partial charge on any atom is -0.338 e. The van der Waals surface area contributed by atoms with Gasteiger partial charge in [-0.05, 0) is 48.6 Å². The van der Waals surface area contributed by atoms with Crippen molar-refractivity contribution in [1.82, 2.24) is 15.5 Å². The van der Waals surface area contributed by atoms with Crippen LogP contribution in [0.2, 0.25) is 0 Å². The normalized spacial score (nSPS) is 20.8. The third kappa shape index (κ3) is 4.12. The SMILES string of the molecule is CCCCNC(=O)NC(=O)CN1CCc2sccc2[C@@H]1C1CC1. The number of carbonyl (C=O) groups is 2. The summed E-state index contributed by atoms with van der Waals surface area (Å²) in [6, 6.07) is 2.20. The number of carbonyl (C=O) groups excluding carboxylic acids is 2. The smallest absolute Gasteiger partial charge is 0.321 e. The van der Waals surface area contributed by atoms with E-state index < -0.39 is 0 Å². The molecule has 1 saturated carbocycles. The Bertz CT molecular complexity index is 568. The van der Waals surface area contributed by atoms with Gasteiger partial charge in [-0.3, -0.25) is 15.0 Å². The standard InChI is InChI=1S/C17H25N3O2S/c1-2-3-8-18-17(22)19-15(21)11-20-9-6-14-13(7-10-23-14)16(20)12-4-5-12/h7,10,12,16H,2-6,8-9,11H2,1H3,(H2,18,19,21,22)/t16-/m0/s1. The number of fused-ring (bicyclic) bond motifs is 1. The summed E-state index contributed by atoms with van der Waals surface area (Å²) in [4.78, 5) is 27.6. The van der Waals surface area contributed by atoms with Crippen LogP contribution in [0.3, 0.4) is 0 Å². The lowest BCUT2D eigenvalue weighted by Gasteiger charge is -2.35. The Morgan fingerprint density at radius 2 is 2.22 bits per heavy atom. The van der Waals surface area contributed by atoms with Gasteiger partial charge in [0.15, 0.2) is 0 Å². The van der Waals surface area contributed by atoms with Crippen LogP contribution in [0.25, 0.3) is 0 Å². The van der Waals surface area contributed by atoms with E-state index in [1.807, 2.05) is 11.3 Å². The quantitative estimate of drug-likeness (QED) is 0.786. The molecule has 1 atom stereocenters. The van der Waals surface area contributed by atoms with Gasteiger partial charge in [-0.2, -0.15) is 0 Å². The highest BCUT2D eigenvalue weighted by Crippen LogP contribution is 2.48. The molecule has 1 aromatic heterocycles. The Kier molecular flexibility index (Phi) is 5.33. The lowest BCUT2D eigenvalue weighted by atomic mass is 9.96. The van der Waals surface area contributed by atoms with Crippen molar-refractivity contribution in [3.8, 4) is 0 Å². The van der Waals surface area contributed by atoms with Gasteiger partial charge in [-0.1, -0.05) is 13.3 Å². The number of imide groups is 1. The number of nitrogens with zero attached hydrogens (tertiary/aromatic N) is 1. The van der Waals surface area contributed by atoms with Crippen molar-refractivity contribution in [3.05, 3.63) is 21.9 Å². The maximum absolute atomic E-state index is 12.2. The van der Waals surface area contributed by atoms with E-state index >= 15 is 0 Å². The van der Waals surface area contributed by atoms with E-state index in [4.69, 9.17) is 0 Å². The zero-order chi connectivity index (χ0) is 16.2. The van der Waals surface area contributed by atoms with Crippen molar-refractivity contribution < 1.29 is 9.59 Å². The molecule has 0 spiro atoms. The van der Waals surface area contributed by atoms with Crippen LogP contribution in [-0.2, 0) is 11.2 Å². The number of hydrogen-bond donors (Lipinski definition) is 2. The molecule has 0 saturated heterocycles. The number of hydrogen-bond acceptors (Lipinski definition) is 4. The van der Waals surface area contributed by atoms with E-state index in [1.165, 1.54) is 23.3 Å². The molecule has 6 heteroatoms. The summed E-state index contributed by atoms with van der Waals surface area (Å²) >= 11 is 1.83. The van der Waals surface area contributed by atoms with E-state index in [0.29, 0.717) is 25.0 Å². The monoisotopic (exact) mass is 335 g/mol. The molecule has 2 N–H and O–H groups in total. The molecule has 126 valence electrons. The second kappa shape index (κ2) is 7.45. The maximum atomic E-state index is 12.2. The van der Waals surface area contributed by atoms with Gasteiger partial charge < -0.3 is 5.32 Å². The predicted octanol–water partition coefficient (Wildman–Crippen LogP) is 2.68. The van der Waals surface area contributed by atoms with Crippen LogP contribution < -0.4 is 10.6 Å². The molecule has 0 unspecified atom stereocenters. The van der Waals surface area contributed by atoms with Crippen molar-refractivity contribution in [2.45, 2.75) is 45.1 Å². The van der Waals surface area contributed by atoms with Crippen LogP contribution in [0.15, 0.2) is 11.4 Å². The second-order valence-electron chi connectivity index (χ2n) is 6.46. The fourth-order valence-corrected chi connectivity index (χ4v) is 4.23. The Morgan fingerprint density at radius 1 is 1.39 bits per heavy atom. The van der Waals surface area contributed by atoms with Gasteiger partial charge in [0.2, 0.25) is 5.91 Å². The molecule has 0 bridgehead atoms. The molecule has 2 heterocycles. The largest absolute Gasteiger partial charge is 0.338 e. The molecule has 1 aliphatic heterocycles. The van der Waals surface area contributed by atoms with Crippen molar-refractivity contribution in [2.24, 2.45) is 5.92 Å². The molecule has 3 rings (SSSR count). The van der Waals surface area contributed by atoms with Gasteiger partial charge in [0.1, 0.15) is 0 Å². The van der Waals surface area contributed by atoms with E-state index in [1.54, 1.807) is 0 Å². The topological polar surface area (TPSA) is 61.4 Å². The number of amides is 3. The lowest BCUT2D eigenvalue weighted by Crippen LogP contribution is -2.47. The minimum absolute atomic E-state index is 0.205. The van der Waals surface area contributed by atoms with E-state index in [0.717, 1.165) is 25.8 Å². The summed E-state index contributed by atoms with van der Waals surface area (Å²) in [7, 11) is 0. The lowest BCUT2D eigenvalue weighted by molar-refractivity contribution is -0.122. The Labute approximate surface area is 141 Å². The van der Waals surface area contributed by atoms with Crippen LogP contribution in [0, 0.1) is 5.92 Å². The molecule has 0 radical (unpaired) electrons. The molecule has 5 nitrogen and oxygen atoms in total. The predicted molar refractivity (Wildman–Crippen MR) is 91.5 cm³/mol. The third-order valence-corrected chi connectivity index (χ3v) is 5.60. The highest BCUT2D eigenvalue weighted by molar-refractivity contribution is 7.10. The van der Waals surface area contributed by atoms with Crippen LogP contribution in [0.5, 0.6) is 0 Å². The van der Waals surface area contributed by atoms with Gasteiger partial charge in [0.25, 0.3) is 0 Å². The first kappa shape index (κ1) is 16.5. The molecule has 1 aromatic rings. The van der Waals surface area contributed by atoms with E-state index in [2.05, 4.69) is 33.9 Å². The van der Waals surface area contributed by atoms with Gasteiger partial charge in [-0.15, -0.1) is 11.3 Å². The summed E-state index contributed by atoms with van der Waals surface area (Å²) < 4.78 is 0. The summed E-state index contributed by atoms with van der Waals surface area (Å²) in [5.74, 6) is 0.471. The molecule has 2 aliphatic rings. The minimum atomic E-state index is -0.375. The number of rotatable bonds is 6. The number of nitrogens with one attached hydrogen (secondary N) is 2. The van der Waals surface area contributed by atoms with Gasteiger partial charge in [-0.25, -0.2) is 4.79 Å². The molecule has 0 aromatic carbocycles. The summed E-state index contributed by atoms with van der Waals surface area (Å²) in [6.07, 6.45) is 5.45. The first-order chi connectivity index (χ1) is 11.2. The number of unbranched alkanes of at least 4 members (excludes halogenated alkanes) is 1. The maximum Gasteiger partial charge on any atom is 0.321 e. The average molecular weight is 335 g/mol. The van der Waals surface area contributed by atoms with Crippen LogP contribution in [0.1, 0.15) is 49.1 Å². The molecular formula is C17H25N3O2S. The third-order valence-electron chi connectivity index (χ3n) is 4.60. The Balaban J connectivity index is 1.55. The highest BCUT2D eigenvalue weighted by atomic mass is 32.1. The zero-order valence-electron chi connectivity index (χ0n) is 13.6. The van der Waals surface area contributed by atoms with Gasteiger partial charge >= 0.3 is 6.03 Å². The summed E-state index contributed by atoms with van der Waals surface area (Å²) in [5.41, 5.74) is 1.41. The van der Waals surface area contributed by atoms with Crippen molar-refractivity contribution in [2.75, 3.05) is 19.6 Å². The summed E-state index contributed by atoms with van der Waals surface area (Å²) in [6.45, 7) is 3.89. The summed E-state index contributed by atoms with van der Waals surface area (Å²) in [5, 5.41) is 7.34. The van der Waals surface area contributed by atoms with E-state index in [-0.39, 0.29) is 11.9 Å². The van der Waals surface area contributed by atoms with Crippen LogP contribution in [0.4, 0.5) is 4.79 Å². The Morgan fingerprint density at radius 3 is 2.96 bits per heavy atom. The van der Waals surface area contributed by atoms with Crippen molar-refractivity contribution in [1.29, 1.82) is 0 Å². The fraction of sp³-hybridized carbons (Fsp3) is 0.647. The van der Waals surface area contributed by atoms with Crippen molar-refractivity contribution in [3.63, 3.8) is 0 Å². The second-order valence-corrected chi connectivity index (χ2v) is 7.46. The van der Waals surface area contributed by atoms with Gasteiger partial charge in [0, 0.05) is 24.0 Å². The number of thiophene rings is 1. The number of urea groups is 1. The molecule has 3 amide bonds. The molecule has 1 aliphatic carbocycles. The van der Waals surface area contributed by atoms with Crippen molar-refractivity contribution >= 4 is 23.3 Å². The first-order valence-corrected chi connectivity index (χ1v) is 9.45. The van der Waals surface area contributed by atoms with Crippen LogP contribution in [-0.4, -0.2) is 36.5 Å². The van der Waals surface area contributed by atoms with Crippen LogP contribution >= 0.6 is 11.3 Å². The Hall–Kier alpha value is -1.40. The highest BCUT2D eigenvalue weighted by Gasteiger charge is 2.40. The first-order valence-electron chi connectivity index (χ1n) is 8.57. The average Bonchev–Trinajstić information content (AvgIpc) is 3.23. The molecule has 23 heavy (non-hydrogen) atoms. The fourth-order valence-electron chi connectivity index (χ4n) is 3.31. The van der Waals surface area contributed by atoms with Gasteiger partial charge in [0.05, 0.1) is 6.54 Å². The zero-order valence-corrected chi connectivity index (χ0v) is 14.5. The molecule has 1 fully saturated rings. The molecular weight excluding hydrogens is 310 g/mol.